The third kappa shape index (κ3) is 3.62. The van der Waals surface area contributed by atoms with Crippen molar-refractivity contribution in [3.05, 3.63) is 25.7 Å². The molecule has 0 aliphatic rings. The van der Waals surface area contributed by atoms with Gasteiger partial charge in [-0.1, -0.05) is 66.2 Å². The number of halogens is 4. The van der Waals surface area contributed by atoms with E-state index in [4.69, 9.17) is 51.7 Å². The van der Waals surface area contributed by atoms with Crippen molar-refractivity contribution in [2.24, 2.45) is 0 Å². The van der Waals surface area contributed by atoms with Crippen molar-refractivity contribution < 1.29 is 0 Å². The molecule has 0 aliphatic carbocycles. The van der Waals surface area contributed by atoms with Crippen LogP contribution in [0.5, 0.6) is 0 Å². The van der Waals surface area contributed by atoms with Crippen LogP contribution in [0.1, 0.15) is 31.7 Å². The van der Waals surface area contributed by atoms with Gasteiger partial charge in [0.25, 0.3) is 0 Å². The predicted molar refractivity (Wildman–Crippen MR) is 81.4 cm³/mol. The normalized spacial score (nSPS) is 10.4. The average molecular weight is 343 g/mol. The van der Waals surface area contributed by atoms with Crippen LogP contribution in [-0.4, -0.2) is 5.75 Å². The zero-order chi connectivity index (χ0) is 13.7. The molecule has 0 radical (unpaired) electrons. The molecule has 0 saturated heterocycles. The zero-order valence-corrected chi connectivity index (χ0v) is 13.5. The Morgan fingerprint density at radius 2 is 1.56 bits per heavy atom. The Balaban J connectivity index is 3.03. The summed E-state index contributed by atoms with van der Waals surface area (Å²) in [4.78, 5) is 0.656. The summed E-state index contributed by atoms with van der Waals surface area (Å²) in [7, 11) is 0. The number of unbranched alkanes of at least 4 members (excludes halogenated alkanes) is 2. The highest BCUT2D eigenvalue weighted by atomic mass is 35.5. The molecule has 18 heavy (non-hydrogen) atoms. The standard InChI is InChI=1S/C12H11Cl4NS/c1-2-3-4-5-18-12-10(15)8(13)7(6-17)9(14)11(12)16/h2-5H2,1H3. The number of hydrogen-bond donors (Lipinski definition) is 0. The number of thioether (sulfide) groups is 1. The zero-order valence-electron chi connectivity index (χ0n) is 9.70. The van der Waals surface area contributed by atoms with Gasteiger partial charge in [-0.3, -0.25) is 0 Å². The van der Waals surface area contributed by atoms with Crippen LogP contribution in [0.25, 0.3) is 0 Å². The van der Waals surface area contributed by atoms with Crippen molar-refractivity contribution in [3.63, 3.8) is 0 Å². The summed E-state index contributed by atoms with van der Waals surface area (Å²) in [5, 5.41) is 9.91. The Kier molecular flexibility index (Phi) is 6.98. The minimum absolute atomic E-state index is 0.131. The van der Waals surface area contributed by atoms with Crippen LogP contribution in [0.2, 0.25) is 20.1 Å². The first-order valence-electron chi connectivity index (χ1n) is 5.43. The molecule has 0 atom stereocenters. The maximum absolute atomic E-state index is 8.94. The summed E-state index contributed by atoms with van der Waals surface area (Å²) in [6.07, 6.45) is 3.37. The molecule has 0 aromatic heterocycles. The Labute approximate surface area is 131 Å². The lowest BCUT2D eigenvalue weighted by Gasteiger charge is -2.11. The lowest BCUT2D eigenvalue weighted by Crippen LogP contribution is -1.89. The monoisotopic (exact) mass is 341 g/mol. The highest BCUT2D eigenvalue weighted by molar-refractivity contribution is 7.99. The minimum Gasteiger partial charge on any atom is -0.192 e. The van der Waals surface area contributed by atoms with Crippen molar-refractivity contribution >= 4 is 58.2 Å². The summed E-state index contributed by atoms with van der Waals surface area (Å²) in [5.41, 5.74) is 0.131. The molecule has 0 saturated carbocycles. The van der Waals surface area contributed by atoms with Crippen molar-refractivity contribution in [2.75, 3.05) is 5.75 Å². The van der Waals surface area contributed by atoms with Gasteiger partial charge >= 0.3 is 0 Å². The van der Waals surface area contributed by atoms with E-state index in [2.05, 4.69) is 6.92 Å². The third-order valence-electron chi connectivity index (χ3n) is 2.33. The lowest BCUT2D eigenvalue weighted by atomic mass is 10.2. The lowest BCUT2D eigenvalue weighted by molar-refractivity contribution is 0.778. The van der Waals surface area contributed by atoms with E-state index in [9.17, 15) is 0 Å². The first-order chi connectivity index (χ1) is 8.54. The van der Waals surface area contributed by atoms with Crippen molar-refractivity contribution in [1.82, 2.24) is 0 Å². The molecule has 6 heteroatoms. The Hall–Kier alpha value is 0.220. The maximum Gasteiger partial charge on any atom is 0.102 e. The van der Waals surface area contributed by atoms with Gasteiger partial charge in [-0.25, -0.2) is 0 Å². The fourth-order valence-electron chi connectivity index (χ4n) is 1.36. The van der Waals surface area contributed by atoms with Gasteiger partial charge in [-0.05, 0) is 12.2 Å². The topological polar surface area (TPSA) is 23.8 Å². The van der Waals surface area contributed by atoms with Gasteiger partial charge in [0, 0.05) is 4.90 Å². The number of hydrogen-bond acceptors (Lipinski definition) is 2. The fourth-order valence-corrected chi connectivity index (χ4v) is 3.75. The molecule has 1 nitrogen and oxygen atoms in total. The molecule has 1 aromatic carbocycles. The van der Waals surface area contributed by atoms with Crippen LogP contribution in [0.4, 0.5) is 0 Å². The van der Waals surface area contributed by atoms with Crippen molar-refractivity contribution in [3.8, 4) is 6.07 Å². The highest BCUT2D eigenvalue weighted by Crippen LogP contribution is 2.45. The van der Waals surface area contributed by atoms with E-state index < -0.39 is 0 Å². The third-order valence-corrected chi connectivity index (χ3v) is 5.45. The molecule has 0 spiro atoms. The van der Waals surface area contributed by atoms with Crippen LogP contribution in [0, 0.1) is 11.3 Å². The van der Waals surface area contributed by atoms with Gasteiger partial charge in [0.15, 0.2) is 0 Å². The van der Waals surface area contributed by atoms with Gasteiger partial charge in [0.2, 0.25) is 0 Å². The predicted octanol–water partition coefficient (Wildman–Crippen LogP) is 6.45. The molecule has 0 amide bonds. The molecule has 1 aromatic rings. The molecule has 0 aliphatic heterocycles. The summed E-state index contributed by atoms with van der Waals surface area (Å²) in [6.45, 7) is 2.14. The Morgan fingerprint density at radius 1 is 1.00 bits per heavy atom. The van der Waals surface area contributed by atoms with E-state index in [1.165, 1.54) is 11.8 Å². The van der Waals surface area contributed by atoms with E-state index in [1.54, 1.807) is 0 Å². The molecule has 0 unspecified atom stereocenters. The van der Waals surface area contributed by atoms with Gasteiger partial charge < -0.3 is 0 Å². The van der Waals surface area contributed by atoms with E-state index in [-0.39, 0.29) is 15.6 Å². The van der Waals surface area contributed by atoms with E-state index in [0.29, 0.717) is 14.9 Å². The first-order valence-corrected chi connectivity index (χ1v) is 7.93. The second kappa shape index (κ2) is 7.72. The van der Waals surface area contributed by atoms with Gasteiger partial charge in [0.05, 0.1) is 25.7 Å². The van der Waals surface area contributed by atoms with Crippen LogP contribution in [-0.2, 0) is 0 Å². The second-order valence-electron chi connectivity index (χ2n) is 3.63. The summed E-state index contributed by atoms with van der Waals surface area (Å²) < 4.78 is 0. The van der Waals surface area contributed by atoms with E-state index in [1.807, 2.05) is 6.07 Å². The summed E-state index contributed by atoms with van der Waals surface area (Å²) in [5.74, 6) is 0.895. The molecule has 0 N–H and O–H groups in total. The molecule has 98 valence electrons. The number of rotatable bonds is 5. The highest BCUT2D eigenvalue weighted by Gasteiger charge is 2.20. The molecule has 0 heterocycles. The van der Waals surface area contributed by atoms with Crippen molar-refractivity contribution in [1.29, 1.82) is 5.26 Å². The fraction of sp³-hybridized carbons (Fsp3) is 0.417. The van der Waals surface area contributed by atoms with Gasteiger partial charge in [-0.2, -0.15) is 5.26 Å². The number of nitriles is 1. The van der Waals surface area contributed by atoms with Crippen LogP contribution >= 0.6 is 58.2 Å². The molecule has 1 rings (SSSR count). The number of nitrogens with zero attached hydrogens (tertiary/aromatic N) is 1. The van der Waals surface area contributed by atoms with Crippen LogP contribution in [0.3, 0.4) is 0 Å². The summed E-state index contributed by atoms with van der Waals surface area (Å²) in [6, 6.07) is 1.91. The minimum atomic E-state index is 0.131. The Morgan fingerprint density at radius 3 is 2.00 bits per heavy atom. The summed E-state index contributed by atoms with van der Waals surface area (Å²) >= 11 is 25.8. The number of benzene rings is 1. The SMILES string of the molecule is CCCCCSc1c(Cl)c(Cl)c(C#N)c(Cl)c1Cl. The molecular formula is C12H11Cl4NS. The molecule has 0 bridgehead atoms. The largest absolute Gasteiger partial charge is 0.192 e. The van der Waals surface area contributed by atoms with E-state index in [0.717, 1.165) is 25.0 Å². The Bertz CT molecular complexity index is 453. The average Bonchev–Trinajstić information content (AvgIpc) is 2.36. The quantitative estimate of drug-likeness (QED) is 0.348. The molecular weight excluding hydrogens is 332 g/mol. The first kappa shape index (κ1) is 16.3. The van der Waals surface area contributed by atoms with Crippen LogP contribution in [0.15, 0.2) is 4.90 Å². The molecule has 0 fully saturated rings. The second-order valence-corrected chi connectivity index (χ2v) is 6.24. The van der Waals surface area contributed by atoms with Gasteiger partial charge in [-0.15, -0.1) is 11.8 Å². The van der Waals surface area contributed by atoms with E-state index >= 15 is 0 Å². The van der Waals surface area contributed by atoms with Crippen LogP contribution < -0.4 is 0 Å². The smallest absolute Gasteiger partial charge is 0.102 e. The van der Waals surface area contributed by atoms with Crippen molar-refractivity contribution in [2.45, 2.75) is 31.1 Å². The maximum atomic E-state index is 8.94. The van der Waals surface area contributed by atoms with Gasteiger partial charge in [0.1, 0.15) is 6.07 Å².